The summed E-state index contributed by atoms with van der Waals surface area (Å²) in [5.41, 5.74) is 0. The van der Waals surface area contributed by atoms with E-state index in [1.807, 2.05) is 32.0 Å². The minimum Gasteiger partial charge on any atom is -0.363 e. The zero-order valence-electron chi connectivity index (χ0n) is 14.3. The van der Waals surface area contributed by atoms with Gasteiger partial charge in [0, 0.05) is 46.3 Å². The minimum atomic E-state index is -3.42. The summed E-state index contributed by atoms with van der Waals surface area (Å²) >= 11 is 4.56. The number of thiophene rings is 1. The van der Waals surface area contributed by atoms with Crippen LogP contribution in [0.15, 0.2) is 26.2 Å². The van der Waals surface area contributed by atoms with Gasteiger partial charge in [-0.15, -0.1) is 11.3 Å². The summed E-state index contributed by atoms with van der Waals surface area (Å²) in [5, 5.41) is 0. The van der Waals surface area contributed by atoms with Crippen molar-refractivity contribution >= 4 is 48.9 Å². The van der Waals surface area contributed by atoms with Crippen LogP contribution in [0.25, 0.3) is 0 Å². The second kappa shape index (κ2) is 7.18. The number of nitrogens with zero attached hydrogens (tertiary/aromatic N) is 5. The van der Waals surface area contributed by atoms with Gasteiger partial charge in [-0.05, 0) is 35.0 Å². The lowest BCUT2D eigenvalue weighted by atomic mass is 10.3. The van der Waals surface area contributed by atoms with Crippen molar-refractivity contribution in [1.29, 1.82) is 0 Å². The van der Waals surface area contributed by atoms with E-state index in [0.717, 1.165) is 15.4 Å². The van der Waals surface area contributed by atoms with Crippen LogP contribution in [0, 0.1) is 6.92 Å². The molecule has 1 saturated heterocycles. The summed E-state index contributed by atoms with van der Waals surface area (Å²) in [4.78, 5) is 13.0. The number of piperazine rings is 1. The van der Waals surface area contributed by atoms with Crippen LogP contribution in [0.3, 0.4) is 0 Å². The number of hydrogen-bond donors (Lipinski definition) is 0. The quantitative estimate of drug-likeness (QED) is 0.717. The van der Waals surface area contributed by atoms with E-state index in [1.165, 1.54) is 11.3 Å². The van der Waals surface area contributed by atoms with E-state index < -0.39 is 10.0 Å². The zero-order chi connectivity index (χ0) is 18.2. The molecule has 0 atom stereocenters. The summed E-state index contributed by atoms with van der Waals surface area (Å²) in [7, 11) is 0.457. The molecule has 7 nitrogen and oxygen atoms in total. The molecule has 3 heterocycles. The predicted molar refractivity (Wildman–Crippen MR) is 104 cm³/mol. The summed E-state index contributed by atoms with van der Waals surface area (Å²) in [6.45, 7) is 3.96. The van der Waals surface area contributed by atoms with Gasteiger partial charge in [0.1, 0.15) is 21.7 Å². The van der Waals surface area contributed by atoms with Crippen molar-refractivity contribution in [3.05, 3.63) is 27.8 Å². The molecule has 3 rings (SSSR count). The molecule has 0 bridgehead atoms. The van der Waals surface area contributed by atoms with Crippen LogP contribution >= 0.6 is 27.3 Å². The second-order valence-corrected chi connectivity index (χ2v) is 10.6. The Morgan fingerprint density at radius 3 is 2.40 bits per heavy atom. The Morgan fingerprint density at radius 1 is 1.16 bits per heavy atom. The molecule has 0 amide bonds. The minimum absolute atomic E-state index is 0.376. The SMILES string of the molecule is Cc1nc(N(C)C)cc(N2CCN(S(=O)(=O)c3ccc(Br)s3)CC2)n1. The molecule has 0 N–H and O–H groups in total. The van der Waals surface area contributed by atoms with Crippen LogP contribution in [-0.2, 0) is 10.0 Å². The molecule has 0 unspecified atom stereocenters. The Kier molecular flexibility index (Phi) is 5.33. The number of rotatable bonds is 4. The van der Waals surface area contributed by atoms with Gasteiger partial charge in [0.25, 0.3) is 10.0 Å². The largest absolute Gasteiger partial charge is 0.363 e. The first-order chi connectivity index (χ1) is 11.8. The lowest BCUT2D eigenvalue weighted by Gasteiger charge is -2.34. The average Bonchev–Trinajstić information content (AvgIpc) is 3.01. The van der Waals surface area contributed by atoms with Crippen LogP contribution in [0.4, 0.5) is 11.6 Å². The monoisotopic (exact) mass is 445 g/mol. The first-order valence-corrected chi connectivity index (χ1v) is 10.9. The first kappa shape index (κ1) is 18.6. The van der Waals surface area contributed by atoms with Gasteiger partial charge in [-0.25, -0.2) is 18.4 Å². The molecule has 0 aromatic carbocycles. The molecular weight excluding hydrogens is 426 g/mol. The molecule has 2 aromatic heterocycles. The highest BCUT2D eigenvalue weighted by Gasteiger charge is 2.30. The van der Waals surface area contributed by atoms with E-state index >= 15 is 0 Å². The van der Waals surface area contributed by atoms with Crippen LogP contribution < -0.4 is 9.80 Å². The van der Waals surface area contributed by atoms with Crippen molar-refractivity contribution in [1.82, 2.24) is 14.3 Å². The average molecular weight is 446 g/mol. The van der Waals surface area contributed by atoms with E-state index in [9.17, 15) is 8.42 Å². The first-order valence-electron chi connectivity index (χ1n) is 7.81. The molecule has 0 radical (unpaired) electrons. The fourth-order valence-electron chi connectivity index (χ4n) is 2.65. The maximum atomic E-state index is 12.7. The maximum absolute atomic E-state index is 12.7. The predicted octanol–water partition coefficient (Wildman–Crippen LogP) is 2.19. The third-order valence-corrected chi connectivity index (χ3v) is 7.96. The number of anilines is 2. The fourth-order valence-corrected chi connectivity index (χ4v) is 6.24. The fraction of sp³-hybridized carbons (Fsp3) is 0.467. The van der Waals surface area contributed by atoms with E-state index in [4.69, 9.17) is 0 Å². The lowest BCUT2D eigenvalue weighted by molar-refractivity contribution is 0.384. The van der Waals surface area contributed by atoms with Crippen molar-refractivity contribution in [2.24, 2.45) is 0 Å². The van der Waals surface area contributed by atoms with Crippen LogP contribution in [0.5, 0.6) is 0 Å². The number of hydrogen-bond acceptors (Lipinski definition) is 7. The maximum Gasteiger partial charge on any atom is 0.252 e. The van der Waals surface area contributed by atoms with E-state index in [0.29, 0.717) is 36.2 Å². The second-order valence-electron chi connectivity index (χ2n) is 5.98. The highest BCUT2D eigenvalue weighted by atomic mass is 79.9. The molecular formula is C15H20BrN5O2S2. The molecule has 10 heteroatoms. The van der Waals surface area contributed by atoms with E-state index in [2.05, 4.69) is 30.8 Å². The topological polar surface area (TPSA) is 69.6 Å². The van der Waals surface area contributed by atoms with Crippen LogP contribution in [0.2, 0.25) is 0 Å². The number of aryl methyl sites for hydroxylation is 1. The Balaban J connectivity index is 1.74. The molecule has 25 heavy (non-hydrogen) atoms. The van der Waals surface area contributed by atoms with Crippen molar-refractivity contribution in [3.8, 4) is 0 Å². The summed E-state index contributed by atoms with van der Waals surface area (Å²) in [6.07, 6.45) is 0. The Labute approximate surface area is 160 Å². The number of aromatic nitrogens is 2. The molecule has 0 spiro atoms. The number of halogens is 1. The van der Waals surface area contributed by atoms with Crippen LogP contribution in [0.1, 0.15) is 5.82 Å². The molecule has 2 aromatic rings. The van der Waals surface area contributed by atoms with Crippen LogP contribution in [-0.4, -0.2) is 63.0 Å². The molecule has 0 saturated carbocycles. The molecule has 1 aliphatic rings. The van der Waals surface area contributed by atoms with Crippen molar-refractivity contribution in [2.75, 3.05) is 50.1 Å². The molecule has 0 aliphatic carbocycles. The Bertz CT molecular complexity index is 861. The number of sulfonamides is 1. The molecule has 136 valence electrons. The van der Waals surface area contributed by atoms with Gasteiger partial charge < -0.3 is 9.80 Å². The highest BCUT2D eigenvalue weighted by Crippen LogP contribution is 2.29. The van der Waals surface area contributed by atoms with Crippen molar-refractivity contribution in [2.45, 2.75) is 11.1 Å². The molecule has 1 aliphatic heterocycles. The smallest absolute Gasteiger partial charge is 0.252 e. The van der Waals surface area contributed by atoms with Gasteiger partial charge in [0.2, 0.25) is 0 Å². The van der Waals surface area contributed by atoms with Gasteiger partial charge in [0.05, 0.1) is 3.79 Å². The van der Waals surface area contributed by atoms with Crippen molar-refractivity contribution in [3.63, 3.8) is 0 Å². The van der Waals surface area contributed by atoms with Gasteiger partial charge in [-0.3, -0.25) is 0 Å². The standard InChI is InChI=1S/C15H20BrN5O2S2/c1-11-17-13(19(2)3)10-14(18-11)20-6-8-21(9-7-20)25(22,23)15-5-4-12(16)24-15/h4-5,10H,6-9H2,1-3H3. The third-order valence-electron chi connectivity index (χ3n) is 3.97. The van der Waals surface area contributed by atoms with Gasteiger partial charge in [0.15, 0.2) is 0 Å². The third kappa shape index (κ3) is 3.97. The normalized spacial score (nSPS) is 16.2. The molecule has 1 fully saturated rings. The Morgan fingerprint density at radius 2 is 1.84 bits per heavy atom. The Hall–Kier alpha value is -1.23. The van der Waals surface area contributed by atoms with Gasteiger partial charge in [-0.1, -0.05) is 0 Å². The summed E-state index contributed by atoms with van der Waals surface area (Å²) in [5.74, 6) is 2.40. The summed E-state index contributed by atoms with van der Waals surface area (Å²) in [6, 6.07) is 5.35. The highest BCUT2D eigenvalue weighted by molar-refractivity contribution is 9.11. The zero-order valence-corrected chi connectivity index (χ0v) is 17.5. The van der Waals surface area contributed by atoms with Gasteiger partial charge in [-0.2, -0.15) is 4.31 Å². The van der Waals surface area contributed by atoms with E-state index in [1.54, 1.807) is 16.4 Å². The summed E-state index contributed by atoms with van der Waals surface area (Å²) < 4.78 is 28.1. The van der Waals surface area contributed by atoms with Gasteiger partial charge >= 0.3 is 0 Å². The lowest BCUT2D eigenvalue weighted by Crippen LogP contribution is -2.48. The van der Waals surface area contributed by atoms with E-state index in [-0.39, 0.29) is 0 Å². The van der Waals surface area contributed by atoms with Crippen molar-refractivity contribution < 1.29 is 8.42 Å².